The van der Waals surface area contributed by atoms with E-state index in [4.69, 9.17) is 21.1 Å². The average molecular weight is 561 g/mol. The van der Waals surface area contributed by atoms with Crippen LogP contribution in [0, 0.1) is 3.57 Å². The van der Waals surface area contributed by atoms with Gasteiger partial charge in [0, 0.05) is 8.59 Å². The summed E-state index contributed by atoms with van der Waals surface area (Å²) < 4.78 is 12.5. The molecule has 0 spiro atoms. The average Bonchev–Trinajstić information content (AvgIpc) is 3.07. The van der Waals surface area contributed by atoms with Crippen molar-refractivity contribution < 1.29 is 19.1 Å². The molecule has 1 aliphatic rings. The van der Waals surface area contributed by atoms with Gasteiger partial charge >= 0.3 is 6.03 Å². The molecule has 3 aromatic rings. The normalized spacial score (nSPS) is 14.6. The zero-order chi connectivity index (χ0) is 22.7. The van der Waals surface area contributed by atoms with E-state index in [9.17, 15) is 9.59 Å². The highest BCUT2D eigenvalue weighted by Gasteiger charge is 2.34. The van der Waals surface area contributed by atoms with Gasteiger partial charge in [-0.3, -0.25) is 4.79 Å². The lowest BCUT2D eigenvalue weighted by Crippen LogP contribution is -2.30. The molecule has 1 aliphatic heterocycles. The van der Waals surface area contributed by atoms with E-state index in [0.717, 1.165) is 14.0 Å². The molecule has 1 saturated heterocycles. The fourth-order valence-corrected chi connectivity index (χ4v) is 3.65. The molecule has 0 aromatic heterocycles. The Kier molecular flexibility index (Phi) is 6.66. The van der Waals surface area contributed by atoms with E-state index in [-0.39, 0.29) is 5.70 Å². The second kappa shape index (κ2) is 9.62. The first-order valence-corrected chi connectivity index (χ1v) is 11.1. The van der Waals surface area contributed by atoms with Crippen molar-refractivity contribution in [3.63, 3.8) is 0 Å². The van der Waals surface area contributed by atoms with Crippen LogP contribution in [0.15, 0.2) is 72.4 Å². The van der Waals surface area contributed by atoms with Crippen LogP contribution in [0.25, 0.3) is 6.08 Å². The topological polar surface area (TPSA) is 67.9 Å². The number of nitrogens with zero attached hydrogens (tertiary/aromatic N) is 1. The van der Waals surface area contributed by atoms with Crippen LogP contribution >= 0.6 is 34.2 Å². The zero-order valence-electron chi connectivity index (χ0n) is 17.0. The first-order valence-electron chi connectivity index (χ1n) is 9.62. The molecule has 1 N–H and O–H groups in total. The number of hydrogen-bond acceptors (Lipinski definition) is 4. The summed E-state index contributed by atoms with van der Waals surface area (Å²) in [5.74, 6) is 0.657. The summed E-state index contributed by atoms with van der Waals surface area (Å²) in [5.41, 5.74) is 2.34. The van der Waals surface area contributed by atoms with E-state index >= 15 is 0 Å². The molecule has 0 unspecified atom stereocenters. The predicted molar refractivity (Wildman–Crippen MR) is 132 cm³/mol. The summed E-state index contributed by atoms with van der Waals surface area (Å²) in [4.78, 5) is 26.2. The molecule has 162 valence electrons. The van der Waals surface area contributed by atoms with Crippen LogP contribution in [0.5, 0.6) is 11.5 Å². The third-order valence-corrected chi connectivity index (χ3v) is 5.74. The molecular weight excluding hydrogens is 543 g/mol. The van der Waals surface area contributed by atoms with Gasteiger partial charge in [0.1, 0.15) is 12.3 Å². The molecule has 4 rings (SSSR count). The van der Waals surface area contributed by atoms with Gasteiger partial charge < -0.3 is 14.8 Å². The van der Waals surface area contributed by atoms with Crippen molar-refractivity contribution in [2.24, 2.45) is 0 Å². The molecule has 3 aromatic carbocycles. The number of ether oxygens (including phenoxy) is 2. The molecule has 0 atom stereocenters. The molecule has 0 radical (unpaired) electrons. The molecular formula is C24H18ClIN2O4. The number of amides is 3. The Morgan fingerprint density at radius 3 is 2.41 bits per heavy atom. The monoisotopic (exact) mass is 560 g/mol. The van der Waals surface area contributed by atoms with Crippen molar-refractivity contribution in [2.75, 3.05) is 12.0 Å². The van der Waals surface area contributed by atoms with Crippen LogP contribution in [-0.2, 0) is 11.4 Å². The zero-order valence-corrected chi connectivity index (χ0v) is 19.9. The van der Waals surface area contributed by atoms with Crippen LogP contribution in [0.4, 0.5) is 10.5 Å². The van der Waals surface area contributed by atoms with E-state index < -0.39 is 11.9 Å². The summed E-state index contributed by atoms with van der Waals surface area (Å²) in [6.45, 7) is 0.401. The Labute approximate surface area is 203 Å². The van der Waals surface area contributed by atoms with Crippen LogP contribution in [0.1, 0.15) is 11.1 Å². The van der Waals surface area contributed by atoms with E-state index in [1.807, 2.05) is 24.3 Å². The first-order chi connectivity index (χ1) is 15.4. The molecule has 1 fully saturated rings. The second-order valence-corrected chi connectivity index (χ2v) is 8.61. The summed E-state index contributed by atoms with van der Waals surface area (Å²) in [6.07, 6.45) is 1.60. The van der Waals surface area contributed by atoms with Gasteiger partial charge in [-0.2, -0.15) is 0 Å². The Morgan fingerprint density at radius 2 is 1.72 bits per heavy atom. The fraction of sp³-hybridized carbons (Fsp3) is 0.0833. The van der Waals surface area contributed by atoms with Crippen molar-refractivity contribution in [3.8, 4) is 11.5 Å². The summed E-state index contributed by atoms with van der Waals surface area (Å²) in [6, 6.07) is 19.3. The van der Waals surface area contributed by atoms with Gasteiger partial charge in [-0.25, -0.2) is 9.69 Å². The van der Waals surface area contributed by atoms with Crippen LogP contribution in [0.2, 0.25) is 5.02 Å². The van der Waals surface area contributed by atoms with Gasteiger partial charge in [-0.15, -0.1) is 0 Å². The van der Waals surface area contributed by atoms with E-state index in [1.165, 1.54) is 0 Å². The lowest BCUT2D eigenvalue weighted by Gasteiger charge is -2.12. The van der Waals surface area contributed by atoms with E-state index in [1.54, 1.807) is 55.7 Å². The number of anilines is 1. The summed E-state index contributed by atoms with van der Waals surface area (Å²) in [7, 11) is 1.55. The van der Waals surface area contributed by atoms with Crippen LogP contribution < -0.4 is 19.7 Å². The van der Waals surface area contributed by atoms with Crippen molar-refractivity contribution in [1.82, 2.24) is 5.32 Å². The third kappa shape index (κ3) is 4.89. The highest BCUT2D eigenvalue weighted by molar-refractivity contribution is 14.1. The second-order valence-electron chi connectivity index (χ2n) is 6.93. The molecule has 6 nitrogen and oxygen atoms in total. The summed E-state index contributed by atoms with van der Waals surface area (Å²) in [5, 5.41) is 3.13. The largest absolute Gasteiger partial charge is 0.493 e. The van der Waals surface area contributed by atoms with Crippen molar-refractivity contribution in [1.29, 1.82) is 0 Å². The van der Waals surface area contributed by atoms with Gasteiger partial charge in [0.15, 0.2) is 11.5 Å². The molecule has 1 heterocycles. The molecule has 8 heteroatoms. The smallest absolute Gasteiger partial charge is 0.333 e. The fourth-order valence-electron chi connectivity index (χ4n) is 3.16. The number of carbonyl (C=O) groups is 2. The maximum Gasteiger partial charge on any atom is 0.333 e. The first kappa shape index (κ1) is 22.2. The SMILES string of the molecule is COc1cc(/C=C2/NC(=O)N(c3ccc(Cl)cc3)C2=O)ccc1OCc1ccc(I)cc1. The maximum absolute atomic E-state index is 12.8. The van der Waals surface area contributed by atoms with Gasteiger partial charge in [-0.1, -0.05) is 29.8 Å². The minimum atomic E-state index is -0.520. The van der Waals surface area contributed by atoms with Crippen molar-refractivity contribution in [3.05, 3.63) is 92.1 Å². The molecule has 3 amide bonds. The number of urea groups is 1. The van der Waals surface area contributed by atoms with Crippen molar-refractivity contribution in [2.45, 2.75) is 6.61 Å². The molecule has 0 aliphatic carbocycles. The minimum Gasteiger partial charge on any atom is -0.493 e. The third-order valence-electron chi connectivity index (χ3n) is 4.77. The number of hydrogen-bond donors (Lipinski definition) is 1. The molecule has 0 bridgehead atoms. The Morgan fingerprint density at radius 1 is 1.00 bits per heavy atom. The Bertz CT molecular complexity index is 1190. The van der Waals surface area contributed by atoms with Crippen LogP contribution in [0.3, 0.4) is 0 Å². The lowest BCUT2D eigenvalue weighted by molar-refractivity contribution is -0.113. The minimum absolute atomic E-state index is 0.166. The number of methoxy groups -OCH3 is 1. The maximum atomic E-state index is 12.8. The number of nitrogens with one attached hydrogen (secondary N) is 1. The number of carbonyl (C=O) groups excluding carboxylic acids is 2. The van der Waals surface area contributed by atoms with Gasteiger partial charge in [0.05, 0.1) is 12.8 Å². The highest BCUT2D eigenvalue weighted by atomic mass is 127. The lowest BCUT2D eigenvalue weighted by atomic mass is 10.1. The van der Waals surface area contributed by atoms with Crippen molar-refractivity contribution >= 4 is 57.9 Å². The van der Waals surface area contributed by atoms with Gasteiger partial charge in [0.2, 0.25) is 0 Å². The van der Waals surface area contributed by atoms with Gasteiger partial charge in [-0.05, 0) is 88.3 Å². The Balaban J connectivity index is 1.52. The van der Waals surface area contributed by atoms with Gasteiger partial charge in [0.25, 0.3) is 5.91 Å². The van der Waals surface area contributed by atoms with E-state index in [2.05, 4.69) is 27.9 Å². The predicted octanol–water partition coefficient (Wildman–Crippen LogP) is 5.63. The quantitative estimate of drug-likeness (QED) is 0.241. The standard InChI is InChI=1S/C24H18ClIN2O4/c1-31-22-13-16(4-11-21(22)32-14-15-2-7-18(26)8-3-15)12-20-23(29)28(24(30)27-20)19-9-5-17(25)6-10-19/h2-13H,14H2,1H3,(H,27,30)/b20-12+. The molecule has 0 saturated carbocycles. The number of halogens is 2. The number of imide groups is 1. The number of benzene rings is 3. The van der Waals surface area contributed by atoms with E-state index in [0.29, 0.717) is 34.4 Å². The van der Waals surface area contributed by atoms with Crippen LogP contribution in [-0.4, -0.2) is 19.0 Å². The number of rotatable bonds is 6. The Hall–Kier alpha value is -3.04. The summed E-state index contributed by atoms with van der Waals surface area (Å²) >= 11 is 8.15. The molecule has 32 heavy (non-hydrogen) atoms. The highest BCUT2D eigenvalue weighted by Crippen LogP contribution is 2.30.